The van der Waals surface area contributed by atoms with Gasteiger partial charge in [0.2, 0.25) is 0 Å². The molecule has 1 aliphatic carbocycles. The van der Waals surface area contributed by atoms with Crippen molar-refractivity contribution in [3.05, 3.63) is 58.1 Å². The molecule has 7 heteroatoms. The van der Waals surface area contributed by atoms with E-state index in [2.05, 4.69) is 17.9 Å². The Morgan fingerprint density at radius 2 is 2.00 bits per heavy atom. The quantitative estimate of drug-likeness (QED) is 0.669. The predicted octanol–water partition coefficient (Wildman–Crippen LogP) is 4.26. The Bertz CT molecular complexity index is 1110. The summed E-state index contributed by atoms with van der Waals surface area (Å²) in [7, 11) is -3.19. The molecule has 4 rings (SSSR count). The van der Waals surface area contributed by atoms with Gasteiger partial charge in [-0.25, -0.2) is 8.42 Å². The SMILES string of the molecule is C[C@@H]1C[C@H](COc2ccc(S(C)(=O)=O)cc2)CN1C1CCc2c(C#N)cc(Cl)cc2C1. The second-order valence-corrected chi connectivity index (χ2v) is 11.3. The van der Waals surface area contributed by atoms with Crippen LogP contribution in [0.2, 0.25) is 5.02 Å². The smallest absolute Gasteiger partial charge is 0.175 e. The van der Waals surface area contributed by atoms with Gasteiger partial charge >= 0.3 is 0 Å². The molecule has 0 amide bonds. The molecule has 31 heavy (non-hydrogen) atoms. The number of hydrogen-bond donors (Lipinski definition) is 0. The fraction of sp³-hybridized carbons (Fsp3) is 0.458. The zero-order chi connectivity index (χ0) is 22.2. The maximum atomic E-state index is 11.6. The Balaban J connectivity index is 1.37. The lowest BCUT2D eigenvalue weighted by Gasteiger charge is -2.35. The Morgan fingerprint density at radius 1 is 1.26 bits per heavy atom. The highest BCUT2D eigenvalue weighted by Crippen LogP contribution is 2.34. The van der Waals surface area contributed by atoms with Crippen LogP contribution in [-0.4, -0.2) is 44.8 Å². The van der Waals surface area contributed by atoms with Crippen molar-refractivity contribution in [2.45, 2.75) is 49.6 Å². The minimum atomic E-state index is -3.19. The van der Waals surface area contributed by atoms with Crippen molar-refractivity contribution in [3.63, 3.8) is 0 Å². The fourth-order valence-electron chi connectivity index (χ4n) is 5.02. The van der Waals surface area contributed by atoms with Crippen LogP contribution < -0.4 is 4.74 Å². The molecule has 3 atom stereocenters. The maximum Gasteiger partial charge on any atom is 0.175 e. The van der Waals surface area contributed by atoms with Gasteiger partial charge in [-0.3, -0.25) is 4.90 Å². The summed E-state index contributed by atoms with van der Waals surface area (Å²) in [5.41, 5.74) is 3.08. The van der Waals surface area contributed by atoms with Crippen LogP contribution in [0.15, 0.2) is 41.3 Å². The Kier molecular flexibility index (Phi) is 6.30. The summed E-state index contributed by atoms with van der Waals surface area (Å²) in [6.45, 7) is 3.87. The van der Waals surface area contributed by atoms with Gasteiger partial charge in [-0.1, -0.05) is 11.6 Å². The van der Waals surface area contributed by atoms with Crippen LogP contribution in [0.1, 0.15) is 36.5 Å². The van der Waals surface area contributed by atoms with E-state index in [4.69, 9.17) is 16.3 Å². The molecule has 1 fully saturated rings. The highest BCUT2D eigenvalue weighted by atomic mass is 35.5. The Morgan fingerprint density at radius 3 is 2.68 bits per heavy atom. The average Bonchev–Trinajstić information content (AvgIpc) is 3.11. The van der Waals surface area contributed by atoms with Crippen molar-refractivity contribution in [2.24, 2.45) is 5.92 Å². The summed E-state index contributed by atoms with van der Waals surface area (Å²) in [6.07, 6.45) is 5.17. The first-order valence-corrected chi connectivity index (χ1v) is 12.9. The van der Waals surface area contributed by atoms with E-state index in [0.717, 1.165) is 37.8 Å². The summed E-state index contributed by atoms with van der Waals surface area (Å²) in [5, 5.41) is 10.1. The number of fused-ring (bicyclic) bond motifs is 1. The van der Waals surface area contributed by atoms with E-state index in [1.54, 1.807) is 30.3 Å². The molecule has 0 bridgehead atoms. The van der Waals surface area contributed by atoms with Crippen LogP contribution in [0.4, 0.5) is 0 Å². The van der Waals surface area contributed by atoms with Crippen LogP contribution in [0.3, 0.4) is 0 Å². The number of halogens is 1. The molecule has 0 radical (unpaired) electrons. The minimum absolute atomic E-state index is 0.303. The lowest BCUT2D eigenvalue weighted by Crippen LogP contribution is -2.41. The molecular formula is C24H27ClN2O3S. The number of ether oxygens (including phenoxy) is 1. The highest BCUT2D eigenvalue weighted by Gasteiger charge is 2.36. The summed E-state index contributed by atoms with van der Waals surface area (Å²) in [4.78, 5) is 2.88. The molecule has 1 heterocycles. The van der Waals surface area contributed by atoms with Gasteiger partial charge in [-0.05, 0) is 80.1 Å². The first-order valence-electron chi connectivity index (χ1n) is 10.6. The minimum Gasteiger partial charge on any atom is -0.493 e. The van der Waals surface area contributed by atoms with Gasteiger partial charge in [0.05, 0.1) is 23.1 Å². The summed E-state index contributed by atoms with van der Waals surface area (Å²) >= 11 is 6.24. The number of rotatable bonds is 5. The summed E-state index contributed by atoms with van der Waals surface area (Å²) < 4.78 is 29.2. The van der Waals surface area contributed by atoms with E-state index < -0.39 is 9.84 Å². The number of nitriles is 1. The van der Waals surface area contributed by atoms with Crippen molar-refractivity contribution in [2.75, 3.05) is 19.4 Å². The van der Waals surface area contributed by atoms with Crippen LogP contribution in [0, 0.1) is 17.2 Å². The first kappa shape index (κ1) is 22.1. The molecule has 0 spiro atoms. The van der Waals surface area contributed by atoms with Crippen molar-refractivity contribution in [1.82, 2.24) is 4.90 Å². The topological polar surface area (TPSA) is 70.4 Å². The van der Waals surface area contributed by atoms with Gasteiger partial charge < -0.3 is 4.74 Å². The molecule has 2 aromatic carbocycles. The second-order valence-electron chi connectivity index (χ2n) is 8.80. The Hall–Kier alpha value is -2.07. The lowest BCUT2D eigenvalue weighted by atomic mass is 9.85. The van der Waals surface area contributed by atoms with Crippen LogP contribution in [-0.2, 0) is 22.7 Å². The zero-order valence-electron chi connectivity index (χ0n) is 17.8. The lowest BCUT2D eigenvalue weighted by molar-refractivity contribution is 0.164. The van der Waals surface area contributed by atoms with Gasteiger partial charge in [-0.15, -0.1) is 0 Å². The van der Waals surface area contributed by atoms with E-state index in [9.17, 15) is 13.7 Å². The molecule has 5 nitrogen and oxygen atoms in total. The van der Waals surface area contributed by atoms with Gasteiger partial charge in [-0.2, -0.15) is 5.26 Å². The largest absolute Gasteiger partial charge is 0.493 e. The standard InChI is InChI=1S/C24H27ClN2O3S/c1-16-9-17(15-30-22-4-6-23(7-5-22)31(2,28)29)14-27(16)21-3-8-24-18(12-21)10-20(25)11-19(24)13-26/h4-7,10-11,16-17,21H,3,8-9,12,14-15H2,1-2H3/t16-,17+,21?/m1/s1. The third kappa shape index (κ3) is 4.90. The van der Waals surface area contributed by atoms with Crippen LogP contribution in [0.5, 0.6) is 5.75 Å². The molecule has 0 saturated carbocycles. The van der Waals surface area contributed by atoms with E-state index in [0.29, 0.717) is 45.8 Å². The first-order chi connectivity index (χ1) is 14.7. The van der Waals surface area contributed by atoms with Crippen molar-refractivity contribution in [1.29, 1.82) is 5.26 Å². The molecular weight excluding hydrogens is 432 g/mol. The molecule has 0 N–H and O–H groups in total. The zero-order valence-corrected chi connectivity index (χ0v) is 19.4. The monoisotopic (exact) mass is 458 g/mol. The normalized spacial score (nSPS) is 23.9. The van der Waals surface area contributed by atoms with E-state index in [1.807, 2.05) is 6.07 Å². The van der Waals surface area contributed by atoms with E-state index in [1.165, 1.54) is 11.8 Å². The average molecular weight is 459 g/mol. The number of sulfone groups is 1. The van der Waals surface area contributed by atoms with Gasteiger partial charge in [0, 0.05) is 35.8 Å². The summed E-state index contributed by atoms with van der Waals surface area (Å²) in [6, 6.07) is 13.6. The number of nitrogens with zero attached hydrogens (tertiary/aromatic N) is 2. The van der Waals surface area contributed by atoms with E-state index >= 15 is 0 Å². The van der Waals surface area contributed by atoms with Crippen molar-refractivity contribution < 1.29 is 13.2 Å². The molecule has 1 aliphatic heterocycles. The second kappa shape index (κ2) is 8.82. The van der Waals surface area contributed by atoms with Crippen LogP contribution in [0.25, 0.3) is 0 Å². The number of benzene rings is 2. The Labute approximate surface area is 189 Å². The fourth-order valence-corrected chi connectivity index (χ4v) is 5.89. The van der Waals surface area contributed by atoms with Gasteiger partial charge in [0.1, 0.15) is 5.75 Å². The molecule has 164 valence electrons. The molecule has 1 unspecified atom stereocenters. The van der Waals surface area contributed by atoms with E-state index in [-0.39, 0.29) is 0 Å². The summed E-state index contributed by atoms with van der Waals surface area (Å²) in [5.74, 6) is 1.13. The molecule has 2 aromatic rings. The third-order valence-electron chi connectivity index (χ3n) is 6.53. The molecule has 1 saturated heterocycles. The third-order valence-corrected chi connectivity index (χ3v) is 7.87. The maximum absolute atomic E-state index is 11.6. The molecule has 0 aromatic heterocycles. The highest BCUT2D eigenvalue weighted by molar-refractivity contribution is 7.90. The van der Waals surface area contributed by atoms with Gasteiger partial charge in [0.15, 0.2) is 9.84 Å². The van der Waals surface area contributed by atoms with Crippen molar-refractivity contribution in [3.8, 4) is 11.8 Å². The van der Waals surface area contributed by atoms with Gasteiger partial charge in [0.25, 0.3) is 0 Å². The van der Waals surface area contributed by atoms with Crippen molar-refractivity contribution >= 4 is 21.4 Å². The predicted molar refractivity (Wildman–Crippen MR) is 121 cm³/mol. The number of likely N-dealkylation sites (tertiary alicyclic amines) is 1. The van der Waals surface area contributed by atoms with Crippen LogP contribution >= 0.6 is 11.6 Å². The molecule has 2 aliphatic rings. The number of hydrogen-bond acceptors (Lipinski definition) is 5.